The second-order valence-electron chi connectivity index (χ2n) is 7.93. The fourth-order valence-electron chi connectivity index (χ4n) is 4.46. The summed E-state index contributed by atoms with van der Waals surface area (Å²) in [5.41, 5.74) is -0.00562. The van der Waals surface area contributed by atoms with Crippen molar-refractivity contribution in [1.29, 1.82) is 0 Å². The lowest BCUT2D eigenvalue weighted by atomic mass is 9.82. The van der Waals surface area contributed by atoms with Crippen molar-refractivity contribution in [3.05, 3.63) is 0 Å². The topological polar surface area (TPSA) is 76.1 Å². The Kier molecular flexibility index (Phi) is 4.86. The smallest absolute Gasteiger partial charge is 0.224 e. The quantitative estimate of drug-likeness (QED) is 0.706. The van der Waals surface area contributed by atoms with Crippen LogP contribution in [0.25, 0.3) is 0 Å². The molecule has 2 atom stereocenters. The molecule has 0 aliphatic carbocycles. The predicted octanol–water partition coefficient (Wildman–Crippen LogP) is -0.747. The number of aliphatic hydroxyl groups excluding tert-OH is 1. The summed E-state index contributed by atoms with van der Waals surface area (Å²) in [7, 11) is 0. The first-order chi connectivity index (χ1) is 11.3. The maximum Gasteiger partial charge on any atom is 0.224 e. The second-order valence-corrected chi connectivity index (χ2v) is 7.93. The van der Waals surface area contributed by atoms with Crippen LogP contribution in [0.15, 0.2) is 0 Å². The first kappa shape index (κ1) is 17.6. The average Bonchev–Trinajstić information content (AvgIpc) is 2.83. The SMILES string of the molecule is CC(=O)NCCC(=O)N1C[C@@H]2C[C@@H](O)CN2C2(C1)CN(C(C)C)C2. The van der Waals surface area contributed by atoms with E-state index < -0.39 is 0 Å². The van der Waals surface area contributed by atoms with Gasteiger partial charge >= 0.3 is 0 Å². The molecule has 3 aliphatic heterocycles. The van der Waals surface area contributed by atoms with E-state index in [1.807, 2.05) is 4.90 Å². The molecule has 0 aromatic heterocycles. The van der Waals surface area contributed by atoms with Crippen LogP contribution < -0.4 is 5.32 Å². The lowest BCUT2D eigenvalue weighted by Crippen LogP contribution is -2.79. The Bertz CT molecular complexity index is 504. The number of piperazine rings is 1. The van der Waals surface area contributed by atoms with E-state index in [1.54, 1.807) is 0 Å². The predicted molar refractivity (Wildman–Crippen MR) is 90.4 cm³/mol. The molecule has 1 spiro atoms. The van der Waals surface area contributed by atoms with Gasteiger partial charge in [-0.05, 0) is 20.3 Å². The summed E-state index contributed by atoms with van der Waals surface area (Å²) in [6, 6.07) is 0.764. The van der Waals surface area contributed by atoms with Gasteiger partial charge in [0.25, 0.3) is 0 Å². The number of likely N-dealkylation sites (tertiary alicyclic amines) is 1. The van der Waals surface area contributed by atoms with Crippen molar-refractivity contribution in [3.63, 3.8) is 0 Å². The van der Waals surface area contributed by atoms with Crippen LogP contribution in [0.1, 0.15) is 33.6 Å². The van der Waals surface area contributed by atoms with E-state index in [-0.39, 0.29) is 29.5 Å². The van der Waals surface area contributed by atoms with Gasteiger partial charge in [0.05, 0.1) is 11.6 Å². The second kappa shape index (κ2) is 6.61. The monoisotopic (exact) mass is 338 g/mol. The van der Waals surface area contributed by atoms with Crippen LogP contribution in [0.4, 0.5) is 0 Å². The van der Waals surface area contributed by atoms with Crippen molar-refractivity contribution in [3.8, 4) is 0 Å². The Balaban J connectivity index is 1.65. The highest BCUT2D eigenvalue weighted by atomic mass is 16.3. The van der Waals surface area contributed by atoms with E-state index in [2.05, 4.69) is 29.0 Å². The number of carbonyl (C=O) groups is 2. The third kappa shape index (κ3) is 3.30. The number of hydrogen-bond donors (Lipinski definition) is 2. The Morgan fingerprint density at radius 1 is 1.25 bits per heavy atom. The summed E-state index contributed by atoms with van der Waals surface area (Å²) in [6.45, 7) is 10.3. The number of hydrogen-bond acceptors (Lipinski definition) is 5. The zero-order chi connectivity index (χ0) is 17.5. The highest BCUT2D eigenvalue weighted by Gasteiger charge is 2.56. The highest BCUT2D eigenvalue weighted by Crippen LogP contribution is 2.39. The zero-order valence-electron chi connectivity index (χ0n) is 15.0. The van der Waals surface area contributed by atoms with E-state index in [0.717, 1.165) is 32.6 Å². The minimum absolute atomic E-state index is 0.00562. The summed E-state index contributed by atoms with van der Waals surface area (Å²) in [5, 5.41) is 12.8. The zero-order valence-corrected chi connectivity index (χ0v) is 15.0. The maximum atomic E-state index is 12.6. The van der Waals surface area contributed by atoms with Gasteiger partial charge < -0.3 is 15.3 Å². The molecule has 3 fully saturated rings. The lowest BCUT2D eigenvalue weighted by Gasteiger charge is -2.62. The first-order valence-electron chi connectivity index (χ1n) is 9.02. The Morgan fingerprint density at radius 3 is 2.58 bits per heavy atom. The van der Waals surface area contributed by atoms with Crippen LogP contribution in [0, 0.1) is 0 Å². The number of amides is 2. The normalized spacial score (nSPS) is 29.6. The molecule has 7 heteroatoms. The van der Waals surface area contributed by atoms with Crippen LogP contribution in [0.5, 0.6) is 0 Å². The van der Waals surface area contributed by atoms with E-state index >= 15 is 0 Å². The van der Waals surface area contributed by atoms with Crippen molar-refractivity contribution in [2.24, 2.45) is 0 Å². The molecule has 24 heavy (non-hydrogen) atoms. The van der Waals surface area contributed by atoms with Gasteiger partial charge in [-0.25, -0.2) is 0 Å². The molecule has 0 unspecified atom stereocenters. The molecular weight excluding hydrogens is 308 g/mol. The highest BCUT2D eigenvalue weighted by molar-refractivity contribution is 5.78. The number of β-amino-alcohol motifs (C(OH)–C–C–N with tert-alkyl or cyclic N) is 1. The van der Waals surface area contributed by atoms with Gasteiger partial charge in [-0.15, -0.1) is 0 Å². The average molecular weight is 338 g/mol. The third-order valence-electron chi connectivity index (χ3n) is 5.71. The van der Waals surface area contributed by atoms with Crippen LogP contribution >= 0.6 is 0 Å². The van der Waals surface area contributed by atoms with Gasteiger partial charge in [-0.3, -0.25) is 19.4 Å². The Hall–Kier alpha value is -1.18. The Morgan fingerprint density at radius 2 is 1.96 bits per heavy atom. The minimum atomic E-state index is -0.283. The molecule has 0 aromatic rings. The summed E-state index contributed by atoms with van der Waals surface area (Å²) < 4.78 is 0. The molecule has 7 nitrogen and oxygen atoms in total. The number of nitrogens with zero attached hydrogens (tertiary/aromatic N) is 3. The van der Waals surface area contributed by atoms with E-state index in [9.17, 15) is 14.7 Å². The molecule has 2 amide bonds. The maximum absolute atomic E-state index is 12.6. The third-order valence-corrected chi connectivity index (χ3v) is 5.71. The number of nitrogens with one attached hydrogen (secondary N) is 1. The number of aliphatic hydroxyl groups is 1. The van der Waals surface area contributed by atoms with Gasteiger partial charge in [0.2, 0.25) is 11.8 Å². The van der Waals surface area contributed by atoms with Gasteiger partial charge in [0, 0.05) is 64.7 Å². The summed E-state index contributed by atoms with van der Waals surface area (Å²) in [5.74, 6) is 0.00161. The molecule has 136 valence electrons. The van der Waals surface area contributed by atoms with Crippen molar-refractivity contribution < 1.29 is 14.7 Å². The van der Waals surface area contributed by atoms with Crippen molar-refractivity contribution in [1.82, 2.24) is 20.0 Å². The van der Waals surface area contributed by atoms with Crippen molar-refractivity contribution in [2.45, 2.75) is 57.3 Å². The number of carbonyl (C=O) groups excluding carboxylic acids is 2. The van der Waals surface area contributed by atoms with Crippen LogP contribution in [-0.2, 0) is 9.59 Å². The fourth-order valence-corrected chi connectivity index (χ4v) is 4.46. The number of fused-ring (bicyclic) bond motifs is 2. The first-order valence-corrected chi connectivity index (χ1v) is 9.02. The summed E-state index contributed by atoms with van der Waals surface area (Å²) >= 11 is 0. The standard InChI is InChI=1S/C17H30N4O3/c1-12(2)20-10-17(11-20)9-19(16(24)4-5-18-13(3)22)7-14-6-15(23)8-21(14)17/h12,14-15,23H,4-11H2,1-3H3,(H,18,22)/t14-,15+/m0/s1. The van der Waals surface area contributed by atoms with E-state index in [0.29, 0.717) is 25.6 Å². The van der Waals surface area contributed by atoms with Gasteiger partial charge in [0.15, 0.2) is 0 Å². The summed E-state index contributed by atoms with van der Waals surface area (Å²) in [4.78, 5) is 30.4. The molecule has 3 heterocycles. The molecule has 3 rings (SSSR count). The Labute approximate surface area is 144 Å². The van der Waals surface area contributed by atoms with Crippen LogP contribution in [0.3, 0.4) is 0 Å². The molecule has 3 saturated heterocycles. The number of rotatable bonds is 4. The van der Waals surface area contributed by atoms with Crippen LogP contribution in [-0.4, -0.2) is 94.6 Å². The van der Waals surface area contributed by atoms with E-state index in [1.165, 1.54) is 6.92 Å². The molecule has 0 radical (unpaired) electrons. The summed E-state index contributed by atoms with van der Waals surface area (Å²) in [6.07, 6.45) is 0.812. The minimum Gasteiger partial charge on any atom is -0.392 e. The molecule has 2 N–H and O–H groups in total. The van der Waals surface area contributed by atoms with Crippen LogP contribution in [0.2, 0.25) is 0 Å². The van der Waals surface area contributed by atoms with Crippen molar-refractivity contribution >= 4 is 11.8 Å². The lowest BCUT2D eigenvalue weighted by molar-refractivity contribution is -0.152. The molecule has 0 bridgehead atoms. The largest absolute Gasteiger partial charge is 0.392 e. The molecule has 3 aliphatic rings. The molecule has 0 saturated carbocycles. The van der Waals surface area contributed by atoms with Gasteiger partial charge in [-0.2, -0.15) is 0 Å². The van der Waals surface area contributed by atoms with Crippen molar-refractivity contribution in [2.75, 3.05) is 39.3 Å². The fraction of sp³-hybridized carbons (Fsp3) is 0.882. The van der Waals surface area contributed by atoms with E-state index in [4.69, 9.17) is 0 Å². The van der Waals surface area contributed by atoms with Gasteiger partial charge in [0.1, 0.15) is 0 Å². The molecular formula is C17H30N4O3. The molecule has 0 aromatic carbocycles. The van der Waals surface area contributed by atoms with Gasteiger partial charge in [-0.1, -0.05) is 0 Å².